The summed E-state index contributed by atoms with van der Waals surface area (Å²) in [4.78, 5) is 11.9. The van der Waals surface area contributed by atoms with E-state index in [-0.39, 0.29) is 17.8 Å². The summed E-state index contributed by atoms with van der Waals surface area (Å²) < 4.78 is 13.1. The Kier molecular flexibility index (Phi) is 4.93. The van der Waals surface area contributed by atoms with Crippen LogP contribution >= 0.6 is 0 Å². The van der Waals surface area contributed by atoms with Crippen molar-refractivity contribution in [1.29, 1.82) is 0 Å². The molecule has 2 N–H and O–H groups in total. The first kappa shape index (κ1) is 15.0. The van der Waals surface area contributed by atoms with Gasteiger partial charge in [0.1, 0.15) is 5.82 Å². The van der Waals surface area contributed by atoms with E-state index in [1.165, 1.54) is 12.1 Å². The van der Waals surface area contributed by atoms with Gasteiger partial charge >= 0.3 is 0 Å². The Labute approximate surface area is 124 Å². The average molecular weight is 286 g/mol. The molecule has 3 nitrogen and oxygen atoms in total. The van der Waals surface area contributed by atoms with Crippen molar-refractivity contribution >= 4 is 11.6 Å². The second-order valence-electron chi connectivity index (χ2n) is 5.19. The molecule has 2 rings (SSSR count). The number of carbonyl (C=O) groups excluding carboxylic acids is 1. The van der Waals surface area contributed by atoms with E-state index in [1.54, 1.807) is 18.2 Å². The minimum absolute atomic E-state index is 0.0978. The molecular formula is C17H19FN2O. The predicted molar refractivity (Wildman–Crippen MR) is 82.8 cm³/mol. The van der Waals surface area contributed by atoms with E-state index in [1.807, 2.05) is 32.0 Å². The lowest BCUT2D eigenvalue weighted by Crippen LogP contribution is -2.30. The highest BCUT2D eigenvalue weighted by atomic mass is 19.1. The molecule has 0 radical (unpaired) electrons. The predicted octanol–water partition coefficient (Wildman–Crippen LogP) is 3.58. The molecule has 4 heteroatoms. The number of anilines is 1. The highest BCUT2D eigenvalue weighted by Gasteiger charge is 2.07. The van der Waals surface area contributed by atoms with Gasteiger partial charge in [0.2, 0.25) is 0 Å². The zero-order valence-corrected chi connectivity index (χ0v) is 12.2. The van der Waals surface area contributed by atoms with Crippen molar-refractivity contribution in [2.45, 2.75) is 26.4 Å². The summed E-state index contributed by atoms with van der Waals surface area (Å²) in [7, 11) is 0. The van der Waals surface area contributed by atoms with Crippen molar-refractivity contribution in [3.8, 4) is 0 Å². The van der Waals surface area contributed by atoms with E-state index in [0.29, 0.717) is 12.1 Å². The van der Waals surface area contributed by atoms with Gasteiger partial charge in [0.25, 0.3) is 5.91 Å². The molecule has 0 unspecified atom stereocenters. The SMILES string of the molecule is CC(C)NC(=O)c1cccc(NCc2cccc(F)c2)c1. The number of carbonyl (C=O) groups is 1. The molecular weight excluding hydrogens is 267 g/mol. The molecule has 0 atom stereocenters. The van der Waals surface area contributed by atoms with Crippen molar-refractivity contribution < 1.29 is 9.18 Å². The van der Waals surface area contributed by atoms with E-state index >= 15 is 0 Å². The largest absolute Gasteiger partial charge is 0.381 e. The summed E-state index contributed by atoms with van der Waals surface area (Å²) in [5.41, 5.74) is 2.29. The lowest BCUT2D eigenvalue weighted by atomic mass is 10.1. The van der Waals surface area contributed by atoms with Crippen LogP contribution in [0.5, 0.6) is 0 Å². The summed E-state index contributed by atoms with van der Waals surface area (Å²) in [5, 5.41) is 6.04. The fraction of sp³-hybridized carbons (Fsp3) is 0.235. The third-order valence-corrected chi connectivity index (χ3v) is 2.93. The zero-order valence-electron chi connectivity index (χ0n) is 12.2. The Balaban J connectivity index is 2.02. The molecule has 0 fully saturated rings. The maximum Gasteiger partial charge on any atom is 0.251 e. The Morgan fingerprint density at radius 1 is 1.14 bits per heavy atom. The maximum absolute atomic E-state index is 13.1. The molecule has 2 aromatic carbocycles. The fourth-order valence-electron chi connectivity index (χ4n) is 1.97. The fourth-order valence-corrected chi connectivity index (χ4v) is 1.97. The first-order chi connectivity index (χ1) is 10.0. The van der Waals surface area contributed by atoms with Crippen LogP contribution in [-0.4, -0.2) is 11.9 Å². The van der Waals surface area contributed by atoms with Gasteiger partial charge < -0.3 is 10.6 Å². The summed E-state index contributed by atoms with van der Waals surface area (Å²) in [6.07, 6.45) is 0. The van der Waals surface area contributed by atoms with Crippen LogP contribution in [0.4, 0.5) is 10.1 Å². The van der Waals surface area contributed by atoms with Crippen LogP contribution in [0.2, 0.25) is 0 Å². The Hall–Kier alpha value is -2.36. The molecule has 0 aliphatic carbocycles. The van der Waals surface area contributed by atoms with Gasteiger partial charge in [0.05, 0.1) is 0 Å². The first-order valence-electron chi connectivity index (χ1n) is 6.94. The number of amides is 1. The molecule has 0 saturated heterocycles. The van der Waals surface area contributed by atoms with Gasteiger partial charge in [-0.1, -0.05) is 18.2 Å². The van der Waals surface area contributed by atoms with Crippen LogP contribution in [0, 0.1) is 5.82 Å². The molecule has 0 heterocycles. The van der Waals surface area contributed by atoms with E-state index in [2.05, 4.69) is 10.6 Å². The average Bonchev–Trinajstić information content (AvgIpc) is 2.45. The van der Waals surface area contributed by atoms with E-state index in [0.717, 1.165) is 11.3 Å². The van der Waals surface area contributed by atoms with Crippen molar-refractivity contribution in [3.05, 3.63) is 65.5 Å². The van der Waals surface area contributed by atoms with Gasteiger partial charge in [-0.05, 0) is 49.7 Å². The number of nitrogens with one attached hydrogen (secondary N) is 2. The van der Waals surface area contributed by atoms with Crippen LogP contribution in [0.1, 0.15) is 29.8 Å². The van der Waals surface area contributed by atoms with Crippen molar-refractivity contribution in [2.24, 2.45) is 0 Å². The van der Waals surface area contributed by atoms with Crippen LogP contribution in [0.15, 0.2) is 48.5 Å². The smallest absolute Gasteiger partial charge is 0.251 e. The zero-order chi connectivity index (χ0) is 15.2. The Bertz CT molecular complexity index is 626. The third kappa shape index (κ3) is 4.60. The molecule has 0 aliphatic heterocycles. The summed E-state index contributed by atoms with van der Waals surface area (Å²) >= 11 is 0. The van der Waals surface area contributed by atoms with Gasteiger partial charge in [0.15, 0.2) is 0 Å². The Morgan fingerprint density at radius 2 is 1.90 bits per heavy atom. The van der Waals surface area contributed by atoms with Gasteiger partial charge in [-0.25, -0.2) is 4.39 Å². The molecule has 0 saturated carbocycles. The van der Waals surface area contributed by atoms with Gasteiger partial charge in [0, 0.05) is 23.8 Å². The van der Waals surface area contributed by atoms with E-state index in [9.17, 15) is 9.18 Å². The number of hydrogen-bond donors (Lipinski definition) is 2. The molecule has 1 amide bonds. The quantitative estimate of drug-likeness (QED) is 0.882. The first-order valence-corrected chi connectivity index (χ1v) is 6.94. The lowest BCUT2D eigenvalue weighted by molar-refractivity contribution is 0.0943. The third-order valence-electron chi connectivity index (χ3n) is 2.93. The van der Waals surface area contributed by atoms with E-state index < -0.39 is 0 Å². The van der Waals surface area contributed by atoms with Crippen LogP contribution in [0.3, 0.4) is 0 Å². The molecule has 110 valence electrons. The van der Waals surface area contributed by atoms with Crippen LogP contribution < -0.4 is 10.6 Å². The number of rotatable bonds is 5. The highest BCUT2D eigenvalue weighted by Crippen LogP contribution is 2.13. The van der Waals surface area contributed by atoms with Crippen LogP contribution in [-0.2, 0) is 6.54 Å². The minimum atomic E-state index is -0.251. The maximum atomic E-state index is 13.1. The van der Waals surface area contributed by atoms with Crippen molar-refractivity contribution in [2.75, 3.05) is 5.32 Å². The van der Waals surface area contributed by atoms with Gasteiger partial charge in [-0.15, -0.1) is 0 Å². The minimum Gasteiger partial charge on any atom is -0.381 e. The molecule has 0 spiro atoms. The van der Waals surface area contributed by atoms with Gasteiger partial charge in [-0.3, -0.25) is 4.79 Å². The normalized spacial score (nSPS) is 10.5. The number of hydrogen-bond acceptors (Lipinski definition) is 2. The topological polar surface area (TPSA) is 41.1 Å². The molecule has 0 bridgehead atoms. The number of benzene rings is 2. The summed E-state index contributed by atoms with van der Waals surface area (Å²) in [6.45, 7) is 4.35. The molecule has 2 aromatic rings. The number of halogens is 1. The standard InChI is InChI=1S/C17H19FN2O/c1-12(2)20-17(21)14-6-4-8-16(10-14)19-11-13-5-3-7-15(18)9-13/h3-10,12,19H,11H2,1-2H3,(H,20,21). The van der Waals surface area contributed by atoms with E-state index in [4.69, 9.17) is 0 Å². The monoisotopic (exact) mass is 286 g/mol. The molecule has 0 aromatic heterocycles. The van der Waals surface area contributed by atoms with Gasteiger partial charge in [-0.2, -0.15) is 0 Å². The molecule has 0 aliphatic rings. The Morgan fingerprint density at radius 3 is 2.62 bits per heavy atom. The van der Waals surface area contributed by atoms with Crippen molar-refractivity contribution in [3.63, 3.8) is 0 Å². The van der Waals surface area contributed by atoms with Crippen LogP contribution in [0.25, 0.3) is 0 Å². The summed E-state index contributed by atoms with van der Waals surface area (Å²) in [5.74, 6) is -0.348. The highest BCUT2D eigenvalue weighted by molar-refractivity contribution is 5.95. The second-order valence-corrected chi connectivity index (χ2v) is 5.19. The summed E-state index contributed by atoms with van der Waals surface area (Å²) in [6, 6.07) is 13.8. The van der Waals surface area contributed by atoms with Crippen molar-refractivity contribution in [1.82, 2.24) is 5.32 Å². The lowest BCUT2D eigenvalue weighted by Gasteiger charge is -2.11. The molecule has 21 heavy (non-hydrogen) atoms. The second kappa shape index (κ2) is 6.88.